The van der Waals surface area contributed by atoms with Crippen LogP contribution < -0.4 is 0 Å². The van der Waals surface area contributed by atoms with Crippen LogP contribution in [0.1, 0.15) is 22.3 Å². The molecule has 0 heterocycles. The summed E-state index contributed by atoms with van der Waals surface area (Å²) in [6.07, 6.45) is 0.710. The number of aromatic hydroxyl groups is 2. The van der Waals surface area contributed by atoms with Crippen LogP contribution in [-0.2, 0) is 6.42 Å². The number of phenols is 2. The van der Waals surface area contributed by atoms with Gasteiger partial charge in [-0.2, -0.15) is 0 Å². The Labute approximate surface area is 101 Å². The second kappa shape index (κ2) is 4.50. The van der Waals surface area contributed by atoms with Gasteiger partial charge in [0.05, 0.1) is 0 Å². The summed E-state index contributed by atoms with van der Waals surface area (Å²) in [4.78, 5) is 0. The van der Waals surface area contributed by atoms with Gasteiger partial charge in [0.2, 0.25) is 0 Å². The largest absolute Gasteiger partial charge is 0.508 e. The smallest absolute Gasteiger partial charge is 0.118 e. The van der Waals surface area contributed by atoms with Crippen molar-refractivity contribution in [3.63, 3.8) is 0 Å². The minimum absolute atomic E-state index is 0.318. The Morgan fingerprint density at radius 3 is 1.53 bits per heavy atom. The van der Waals surface area contributed by atoms with Crippen molar-refractivity contribution in [2.45, 2.75) is 20.3 Å². The molecule has 0 spiro atoms. The molecule has 2 N–H and O–H groups in total. The topological polar surface area (TPSA) is 40.5 Å². The quantitative estimate of drug-likeness (QED) is 0.828. The number of phenolic OH excluding ortho intramolecular Hbond substituents is 2. The highest BCUT2D eigenvalue weighted by atomic mass is 16.3. The molecule has 0 fully saturated rings. The summed E-state index contributed by atoms with van der Waals surface area (Å²) in [5.41, 5.74) is 3.83. The summed E-state index contributed by atoms with van der Waals surface area (Å²) >= 11 is 0. The lowest BCUT2D eigenvalue weighted by atomic mass is 10.0. The zero-order valence-corrected chi connectivity index (χ0v) is 10.1. The molecule has 2 aromatic carbocycles. The van der Waals surface area contributed by atoms with Crippen molar-refractivity contribution in [2.24, 2.45) is 0 Å². The summed E-state index contributed by atoms with van der Waals surface area (Å²) in [5.74, 6) is 0.637. The van der Waals surface area contributed by atoms with Crippen LogP contribution in [0.4, 0.5) is 0 Å². The molecule has 0 aromatic heterocycles. The first-order valence-electron chi connectivity index (χ1n) is 5.63. The lowest BCUT2D eigenvalue weighted by Crippen LogP contribution is -1.89. The Kier molecular flexibility index (Phi) is 3.05. The molecule has 0 aliphatic heterocycles. The molecule has 0 amide bonds. The normalized spacial score (nSPS) is 10.5. The molecule has 0 radical (unpaired) electrons. The fourth-order valence-electron chi connectivity index (χ4n) is 1.77. The molecule has 0 atom stereocenters. The monoisotopic (exact) mass is 228 g/mol. The third kappa shape index (κ3) is 2.59. The summed E-state index contributed by atoms with van der Waals surface area (Å²) in [7, 11) is 0. The van der Waals surface area contributed by atoms with Crippen molar-refractivity contribution in [2.75, 3.05) is 0 Å². The van der Waals surface area contributed by atoms with Crippen LogP contribution in [0.3, 0.4) is 0 Å². The van der Waals surface area contributed by atoms with Crippen molar-refractivity contribution >= 4 is 0 Å². The zero-order chi connectivity index (χ0) is 12.4. The van der Waals surface area contributed by atoms with Gasteiger partial charge in [-0.3, -0.25) is 0 Å². The molecule has 0 saturated heterocycles. The maximum absolute atomic E-state index is 9.63. The van der Waals surface area contributed by atoms with E-state index in [0.29, 0.717) is 17.9 Å². The van der Waals surface area contributed by atoms with Gasteiger partial charge in [-0.1, -0.05) is 24.3 Å². The Morgan fingerprint density at radius 2 is 1.18 bits per heavy atom. The van der Waals surface area contributed by atoms with E-state index in [1.165, 1.54) is 0 Å². The van der Waals surface area contributed by atoms with Crippen molar-refractivity contribution in [1.82, 2.24) is 0 Å². The standard InChI is InChI=1S/C15H16O2/c1-10-3-5-12(8-14(10)16)7-13-6-4-11(2)15(17)9-13/h3-6,8-9,16-17H,7H2,1-2H3. The third-order valence-corrected chi connectivity index (χ3v) is 2.96. The van der Waals surface area contributed by atoms with Crippen LogP contribution in [-0.4, -0.2) is 10.2 Å². The van der Waals surface area contributed by atoms with Gasteiger partial charge in [0.25, 0.3) is 0 Å². The Balaban J connectivity index is 2.25. The zero-order valence-electron chi connectivity index (χ0n) is 10.1. The van der Waals surface area contributed by atoms with E-state index >= 15 is 0 Å². The molecule has 2 nitrogen and oxygen atoms in total. The fourth-order valence-corrected chi connectivity index (χ4v) is 1.77. The summed E-state index contributed by atoms with van der Waals surface area (Å²) < 4.78 is 0. The van der Waals surface area contributed by atoms with E-state index in [0.717, 1.165) is 22.3 Å². The van der Waals surface area contributed by atoms with E-state index in [2.05, 4.69) is 0 Å². The van der Waals surface area contributed by atoms with Gasteiger partial charge in [0.15, 0.2) is 0 Å². The Morgan fingerprint density at radius 1 is 0.765 bits per heavy atom. The minimum Gasteiger partial charge on any atom is -0.508 e. The number of hydrogen-bond donors (Lipinski definition) is 2. The molecule has 0 unspecified atom stereocenters. The van der Waals surface area contributed by atoms with Crippen molar-refractivity contribution in [1.29, 1.82) is 0 Å². The second-order valence-corrected chi connectivity index (χ2v) is 4.42. The second-order valence-electron chi connectivity index (χ2n) is 4.42. The van der Waals surface area contributed by atoms with Crippen molar-refractivity contribution in [3.8, 4) is 11.5 Å². The first-order valence-corrected chi connectivity index (χ1v) is 5.63. The third-order valence-electron chi connectivity index (χ3n) is 2.96. The van der Waals surface area contributed by atoms with Crippen LogP contribution in [0.25, 0.3) is 0 Å². The maximum Gasteiger partial charge on any atom is 0.118 e. The molecule has 0 bridgehead atoms. The lowest BCUT2D eigenvalue weighted by Gasteiger charge is -2.06. The predicted molar refractivity (Wildman–Crippen MR) is 68.5 cm³/mol. The Bertz CT molecular complexity index is 495. The van der Waals surface area contributed by atoms with E-state index in [1.807, 2.05) is 38.1 Å². The number of rotatable bonds is 2. The summed E-state index contributed by atoms with van der Waals surface area (Å²) in [6.45, 7) is 3.74. The van der Waals surface area contributed by atoms with Gasteiger partial charge in [-0.25, -0.2) is 0 Å². The summed E-state index contributed by atoms with van der Waals surface area (Å²) in [5, 5.41) is 19.3. The van der Waals surface area contributed by atoms with Gasteiger partial charge in [-0.15, -0.1) is 0 Å². The van der Waals surface area contributed by atoms with E-state index in [9.17, 15) is 10.2 Å². The highest BCUT2D eigenvalue weighted by Crippen LogP contribution is 2.22. The lowest BCUT2D eigenvalue weighted by molar-refractivity contribution is 0.470. The Hall–Kier alpha value is -1.96. The average molecular weight is 228 g/mol. The molecule has 0 aliphatic carbocycles. The highest BCUT2D eigenvalue weighted by molar-refractivity contribution is 5.40. The molecular formula is C15H16O2. The van der Waals surface area contributed by atoms with Gasteiger partial charge in [0, 0.05) is 0 Å². The van der Waals surface area contributed by atoms with Gasteiger partial charge >= 0.3 is 0 Å². The number of hydrogen-bond acceptors (Lipinski definition) is 2. The highest BCUT2D eigenvalue weighted by Gasteiger charge is 2.02. The van der Waals surface area contributed by atoms with Crippen molar-refractivity contribution in [3.05, 3.63) is 58.7 Å². The maximum atomic E-state index is 9.63. The molecular weight excluding hydrogens is 212 g/mol. The molecule has 2 rings (SSSR count). The average Bonchev–Trinajstić information content (AvgIpc) is 2.29. The minimum atomic E-state index is 0.318. The van der Waals surface area contributed by atoms with Crippen LogP contribution >= 0.6 is 0 Å². The van der Waals surface area contributed by atoms with E-state index < -0.39 is 0 Å². The SMILES string of the molecule is Cc1ccc(Cc2ccc(C)c(O)c2)cc1O. The molecule has 2 aromatic rings. The first-order chi connectivity index (χ1) is 8.06. The van der Waals surface area contributed by atoms with Gasteiger partial charge < -0.3 is 10.2 Å². The van der Waals surface area contributed by atoms with Gasteiger partial charge in [-0.05, 0) is 54.7 Å². The van der Waals surface area contributed by atoms with E-state index in [1.54, 1.807) is 12.1 Å². The van der Waals surface area contributed by atoms with Crippen LogP contribution in [0.5, 0.6) is 11.5 Å². The molecule has 2 heteroatoms. The summed E-state index contributed by atoms with van der Waals surface area (Å²) in [6, 6.07) is 11.3. The van der Waals surface area contributed by atoms with Gasteiger partial charge in [0.1, 0.15) is 11.5 Å². The number of aryl methyl sites for hydroxylation is 2. The van der Waals surface area contributed by atoms with Crippen LogP contribution in [0.2, 0.25) is 0 Å². The molecule has 0 aliphatic rings. The molecule has 0 saturated carbocycles. The predicted octanol–water partition coefficient (Wildman–Crippen LogP) is 3.31. The van der Waals surface area contributed by atoms with E-state index in [4.69, 9.17) is 0 Å². The van der Waals surface area contributed by atoms with Crippen LogP contribution in [0.15, 0.2) is 36.4 Å². The first kappa shape index (κ1) is 11.5. The molecule has 88 valence electrons. The van der Waals surface area contributed by atoms with Crippen LogP contribution in [0, 0.1) is 13.8 Å². The molecule has 17 heavy (non-hydrogen) atoms. The fraction of sp³-hybridized carbons (Fsp3) is 0.200. The van der Waals surface area contributed by atoms with Crippen molar-refractivity contribution < 1.29 is 10.2 Å². The van der Waals surface area contributed by atoms with E-state index in [-0.39, 0.29) is 0 Å². The number of benzene rings is 2.